The molecule has 0 bridgehead atoms. The minimum absolute atomic E-state index is 0.0935. The number of rotatable bonds is 4. The molecule has 1 rings (SSSR count). The number of hydrogen-bond acceptors (Lipinski definition) is 5. The third kappa shape index (κ3) is 3.92. The molecule has 0 saturated heterocycles. The van der Waals surface area contributed by atoms with Gasteiger partial charge in [-0.1, -0.05) is 0 Å². The molecule has 104 valence electrons. The molecule has 0 aromatic heterocycles. The van der Waals surface area contributed by atoms with Crippen LogP contribution in [0, 0.1) is 17.0 Å². The van der Waals surface area contributed by atoms with Crippen molar-refractivity contribution in [1.82, 2.24) is 5.32 Å². The summed E-state index contributed by atoms with van der Waals surface area (Å²) in [6.45, 7) is 5.42. The maximum atomic E-state index is 12.0. The molecule has 0 aliphatic heterocycles. The molecule has 0 aliphatic rings. The molecule has 5 N–H and O–H groups in total. The molecule has 0 fully saturated rings. The van der Waals surface area contributed by atoms with Gasteiger partial charge in [-0.15, -0.1) is 0 Å². The number of amides is 1. The zero-order valence-corrected chi connectivity index (χ0v) is 11.2. The van der Waals surface area contributed by atoms with Gasteiger partial charge in [0, 0.05) is 18.2 Å². The largest absolute Gasteiger partial charge is 0.393 e. The Balaban J connectivity index is 3.07. The Labute approximate surface area is 111 Å². The van der Waals surface area contributed by atoms with Crippen LogP contribution in [0.25, 0.3) is 0 Å². The molecule has 0 spiro atoms. The summed E-state index contributed by atoms with van der Waals surface area (Å²) in [5.41, 5.74) is 11.1. The maximum absolute atomic E-state index is 12.0. The van der Waals surface area contributed by atoms with E-state index in [0.717, 1.165) is 0 Å². The summed E-state index contributed by atoms with van der Waals surface area (Å²) in [5.74, 6) is -0.470. The summed E-state index contributed by atoms with van der Waals surface area (Å²) in [6, 6.07) is 2.85. The molecule has 0 unspecified atom stereocenters. The molecule has 19 heavy (non-hydrogen) atoms. The van der Waals surface area contributed by atoms with Crippen molar-refractivity contribution in [3.8, 4) is 0 Å². The van der Waals surface area contributed by atoms with Crippen LogP contribution in [0.2, 0.25) is 0 Å². The third-order valence-corrected chi connectivity index (χ3v) is 2.45. The number of carbonyl (C=O) groups excluding carboxylic acids is 1. The molecule has 1 amide bonds. The summed E-state index contributed by atoms with van der Waals surface area (Å²) in [6.07, 6.45) is 0. The third-order valence-electron chi connectivity index (χ3n) is 2.45. The van der Waals surface area contributed by atoms with Gasteiger partial charge < -0.3 is 16.8 Å². The number of benzene rings is 1. The Morgan fingerprint density at radius 3 is 2.53 bits per heavy atom. The van der Waals surface area contributed by atoms with Gasteiger partial charge in [-0.3, -0.25) is 14.9 Å². The van der Waals surface area contributed by atoms with Crippen LogP contribution < -0.4 is 16.8 Å². The Hall–Kier alpha value is -2.15. The highest BCUT2D eigenvalue weighted by Crippen LogP contribution is 2.26. The average molecular weight is 266 g/mol. The van der Waals surface area contributed by atoms with E-state index in [1.165, 1.54) is 12.1 Å². The van der Waals surface area contributed by atoms with Gasteiger partial charge in [0.05, 0.1) is 10.5 Å². The number of carbonyl (C=O) groups is 1. The first kappa shape index (κ1) is 14.9. The van der Waals surface area contributed by atoms with E-state index in [9.17, 15) is 14.9 Å². The second-order valence-corrected chi connectivity index (χ2v) is 5.17. The van der Waals surface area contributed by atoms with E-state index in [4.69, 9.17) is 11.5 Å². The number of anilines is 1. The van der Waals surface area contributed by atoms with Crippen LogP contribution in [0.3, 0.4) is 0 Å². The van der Waals surface area contributed by atoms with E-state index in [1.807, 2.05) is 0 Å². The Morgan fingerprint density at radius 2 is 2.05 bits per heavy atom. The zero-order valence-electron chi connectivity index (χ0n) is 11.2. The summed E-state index contributed by atoms with van der Waals surface area (Å²) in [4.78, 5) is 22.2. The summed E-state index contributed by atoms with van der Waals surface area (Å²) < 4.78 is 0. The standard InChI is InChI=1S/C12H18N4O3/c1-7-4-8(10(13)9(5-7)16(18)19)11(17)15-6-12(2,3)14/h4-5H,6,13-14H2,1-3H3,(H,15,17). The molecule has 0 radical (unpaired) electrons. The van der Waals surface area contributed by atoms with Gasteiger partial charge in [-0.05, 0) is 32.4 Å². The van der Waals surface area contributed by atoms with E-state index in [2.05, 4.69) is 5.32 Å². The first-order chi connectivity index (χ1) is 8.61. The Bertz CT molecular complexity index is 520. The van der Waals surface area contributed by atoms with Gasteiger partial charge in [0.25, 0.3) is 11.6 Å². The molecule has 7 nitrogen and oxygen atoms in total. The van der Waals surface area contributed by atoms with Crippen molar-refractivity contribution in [2.75, 3.05) is 12.3 Å². The normalized spacial score (nSPS) is 11.2. The van der Waals surface area contributed by atoms with Crippen LogP contribution in [0.15, 0.2) is 12.1 Å². The smallest absolute Gasteiger partial charge is 0.293 e. The molecule has 7 heteroatoms. The molecule has 0 atom stereocenters. The fourth-order valence-electron chi connectivity index (χ4n) is 1.52. The van der Waals surface area contributed by atoms with E-state index in [1.54, 1.807) is 20.8 Å². The number of nitrogens with two attached hydrogens (primary N) is 2. The van der Waals surface area contributed by atoms with Crippen molar-refractivity contribution in [2.24, 2.45) is 5.73 Å². The van der Waals surface area contributed by atoms with Gasteiger partial charge in [0.2, 0.25) is 0 Å². The van der Waals surface area contributed by atoms with Gasteiger partial charge in [0.15, 0.2) is 0 Å². The molecule has 0 saturated carbocycles. The topological polar surface area (TPSA) is 124 Å². The molecule has 1 aromatic rings. The van der Waals surface area contributed by atoms with E-state index in [-0.39, 0.29) is 23.5 Å². The maximum Gasteiger partial charge on any atom is 0.293 e. The van der Waals surface area contributed by atoms with Crippen molar-refractivity contribution in [1.29, 1.82) is 0 Å². The van der Waals surface area contributed by atoms with Crippen LogP contribution in [0.4, 0.5) is 11.4 Å². The predicted octanol–water partition coefficient (Wildman–Crippen LogP) is 0.953. The number of nitrogen functional groups attached to an aromatic ring is 1. The first-order valence-corrected chi connectivity index (χ1v) is 5.73. The van der Waals surface area contributed by atoms with Crippen LogP contribution >= 0.6 is 0 Å². The SMILES string of the molecule is Cc1cc(C(=O)NCC(C)(C)N)c(N)c([N+](=O)[O-])c1. The first-order valence-electron chi connectivity index (χ1n) is 5.73. The van der Waals surface area contributed by atoms with Gasteiger partial charge in [0.1, 0.15) is 5.69 Å². The Kier molecular flexibility index (Phi) is 4.10. The van der Waals surface area contributed by atoms with Gasteiger partial charge >= 0.3 is 0 Å². The fraction of sp³-hybridized carbons (Fsp3) is 0.417. The Morgan fingerprint density at radius 1 is 1.47 bits per heavy atom. The lowest BCUT2D eigenvalue weighted by Crippen LogP contribution is -2.45. The van der Waals surface area contributed by atoms with Crippen LogP contribution in [0.1, 0.15) is 29.8 Å². The lowest BCUT2D eigenvalue weighted by Gasteiger charge is -2.19. The predicted molar refractivity (Wildman–Crippen MR) is 72.8 cm³/mol. The van der Waals surface area contributed by atoms with Crippen LogP contribution in [0.5, 0.6) is 0 Å². The van der Waals surface area contributed by atoms with E-state index >= 15 is 0 Å². The number of nitrogens with zero attached hydrogens (tertiary/aromatic N) is 1. The summed E-state index contributed by atoms with van der Waals surface area (Å²) in [5, 5.41) is 13.4. The lowest BCUT2D eigenvalue weighted by molar-refractivity contribution is -0.384. The minimum atomic E-state index is -0.605. The minimum Gasteiger partial charge on any atom is -0.393 e. The second kappa shape index (κ2) is 5.23. The summed E-state index contributed by atoms with van der Waals surface area (Å²) in [7, 11) is 0. The van der Waals surface area contributed by atoms with Crippen molar-refractivity contribution >= 4 is 17.3 Å². The monoisotopic (exact) mass is 266 g/mol. The van der Waals surface area contributed by atoms with Crippen molar-refractivity contribution < 1.29 is 9.72 Å². The van der Waals surface area contributed by atoms with Gasteiger partial charge in [-0.25, -0.2) is 0 Å². The lowest BCUT2D eigenvalue weighted by atomic mass is 10.1. The van der Waals surface area contributed by atoms with Crippen molar-refractivity contribution in [3.05, 3.63) is 33.4 Å². The van der Waals surface area contributed by atoms with Crippen molar-refractivity contribution in [2.45, 2.75) is 26.3 Å². The highest BCUT2D eigenvalue weighted by molar-refractivity contribution is 6.01. The molecule has 0 heterocycles. The van der Waals surface area contributed by atoms with Crippen LogP contribution in [-0.4, -0.2) is 22.9 Å². The average Bonchev–Trinajstić information content (AvgIpc) is 2.27. The van der Waals surface area contributed by atoms with Crippen LogP contribution in [-0.2, 0) is 0 Å². The van der Waals surface area contributed by atoms with E-state index in [0.29, 0.717) is 5.56 Å². The number of nitrogens with one attached hydrogen (secondary N) is 1. The quantitative estimate of drug-likeness (QED) is 0.425. The zero-order chi connectivity index (χ0) is 14.8. The van der Waals surface area contributed by atoms with Crippen molar-refractivity contribution in [3.63, 3.8) is 0 Å². The molecular formula is C12H18N4O3. The molecule has 0 aliphatic carbocycles. The number of hydrogen-bond donors (Lipinski definition) is 3. The number of nitro groups is 1. The fourth-order valence-corrected chi connectivity index (χ4v) is 1.52. The number of nitro benzene ring substituents is 1. The highest BCUT2D eigenvalue weighted by atomic mass is 16.6. The highest BCUT2D eigenvalue weighted by Gasteiger charge is 2.21. The second-order valence-electron chi connectivity index (χ2n) is 5.17. The number of aryl methyl sites for hydroxylation is 1. The van der Waals surface area contributed by atoms with E-state index < -0.39 is 16.4 Å². The van der Waals surface area contributed by atoms with Gasteiger partial charge in [-0.2, -0.15) is 0 Å². The summed E-state index contributed by atoms with van der Waals surface area (Å²) >= 11 is 0. The molecular weight excluding hydrogens is 248 g/mol. The molecule has 1 aromatic carbocycles.